The smallest absolute Gasteiger partial charge is 0.321 e. The highest BCUT2D eigenvalue weighted by Gasteiger charge is 2.21. The van der Waals surface area contributed by atoms with Crippen LogP contribution in [0.15, 0.2) is 35.6 Å². The zero-order valence-electron chi connectivity index (χ0n) is 16.3. The molecular formula is C19H24N8O2. The summed E-state index contributed by atoms with van der Waals surface area (Å²) >= 11 is 0. The van der Waals surface area contributed by atoms with E-state index in [-0.39, 0.29) is 6.01 Å². The number of benzene rings is 1. The third kappa shape index (κ3) is 4.13. The first-order chi connectivity index (χ1) is 14.3. The van der Waals surface area contributed by atoms with Crippen molar-refractivity contribution in [2.75, 3.05) is 51.4 Å². The molecule has 0 spiro atoms. The van der Waals surface area contributed by atoms with E-state index >= 15 is 0 Å². The minimum absolute atomic E-state index is 0.243. The number of rotatable bonds is 7. The highest BCUT2D eigenvalue weighted by atomic mass is 16.5. The largest absolute Gasteiger partial charge is 0.462 e. The van der Waals surface area contributed by atoms with Gasteiger partial charge in [0.1, 0.15) is 12.3 Å². The molecule has 2 aromatic heterocycles. The lowest BCUT2D eigenvalue weighted by Gasteiger charge is -2.27. The van der Waals surface area contributed by atoms with Crippen LogP contribution in [0.5, 0.6) is 6.01 Å². The maximum absolute atomic E-state index is 5.78. The van der Waals surface area contributed by atoms with Gasteiger partial charge in [0.25, 0.3) is 0 Å². The second kappa shape index (κ2) is 8.84. The zero-order chi connectivity index (χ0) is 20.1. The minimum Gasteiger partial charge on any atom is -0.462 e. The second-order valence-electron chi connectivity index (χ2n) is 6.52. The number of hydrogen-bond acceptors (Lipinski definition) is 9. The number of nitrogens with zero attached hydrogens (tertiary/aromatic N) is 5. The highest BCUT2D eigenvalue weighted by Crippen LogP contribution is 2.22. The predicted octanol–water partition coefficient (Wildman–Crippen LogP) is 0.499. The summed E-state index contributed by atoms with van der Waals surface area (Å²) in [7, 11) is 1.86. The van der Waals surface area contributed by atoms with Crippen LogP contribution in [0.1, 0.15) is 11.4 Å². The molecule has 10 nitrogen and oxygen atoms in total. The fourth-order valence-electron chi connectivity index (χ4n) is 3.18. The first-order valence-electron chi connectivity index (χ1n) is 9.51. The standard InChI is InChI=1S/C19H24N8O2/c1-21-6-9-29-19-24-17(23-18(25-19)27-7-10-28-11-8-27)16(26-20)14-12-22-15-5-3-2-4-13(14)15/h2-5,12,21-22H,6-11,20H2,1H3. The van der Waals surface area contributed by atoms with Crippen LogP contribution in [0.4, 0.5) is 5.95 Å². The number of anilines is 1. The van der Waals surface area contributed by atoms with Crippen molar-refractivity contribution < 1.29 is 9.47 Å². The quantitative estimate of drug-likeness (QED) is 0.228. The number of morpholine rings is 1. The van der Waals surface area contributed by atoms with Crippen molar-refractivity contribution >= 4 is 22.6 Å². The minimum atomic E-state index is 0.243. The number of hydrazone groups is 1. The van der Waals surface area contributed by atoms with E-state index in [2.05, 4.69) is 30.4 Å². The van der Waals surface area contributed by atoms with Gasteiger partial charge >= 0.3 is 6.01 Å². The molecule has 0 saturated carbocycles. The van der Waals surface area contributed by atoms with Gasteiger partial charge in [-0.25, -0.2) is 0 Å². The normalized spacial score (nSPS) is 15.1. The molecular weight excluding hydrogens is 372 g/mol. The van der Waals surface area contributed by atoms with Gasteiger partial charge in [0, 0.05) is 42.3 Å². The van der Waals surface area contributed by atoms with Crippen molar-refractivity contribution in [3.63, 3.8) is 0 Å². The molecule has 1 aliphatic rings. The Morgan fingerprint density at radius 1 is 1.28 bits per heavy atom. The predicted molar refractivity (Wildman–Crippen MR) is 110 cm³/mol. The topological polar surface area (TPSA) is 127 Å². The van der Waals surface area contributed by atoms with Gasteiger partial charge in [-0.05, 0) is 13.1 Å². The van der Waals surface area contributed by atoms with Gasteiger partial charge in [0.15, 0.2) is 5.82 Å². The van der Waals surface area contributed by atoms with E-state index in [1.54, 1.807) is 0 Å². The van der Waals surface area contributed by atoms with E-state index in [9.17, 15) is 0 Å². The Balaban J connectivity index is 1.74. The van der Waals surface area contributed by atoms with Gasteiger partial charge in [-0.1, -0.05) is 18.2 Å². The van der Waals surface area contributed by atoms with Gasteiger partial charge in [-0.3, -0.25) is 0 Å². The maximum Gasteiger partial charge on any atom is 0.321 e. The molecule has 0 aliphatic carbocycles. The Kier molecular flexibility index (Phi) is 5.82. The van der Waals surface area contributed by atoms with Gasteiger partial charge in [-0.2, -0.15) is 20.1 Å². The third-order valence-electron chi connectivity index (χ3n) is 4.67. The molecule has 0 radical (unpaired) electrons. The van der Waals surface area contributed by atoms with Gasteiger partial charge in [-0.15, -0.1) is 0 Å². The van der Waals surface area contributed by atoms with Crippen LogP contribution in [-0.2, 0) is 4.74 Å². The van der Waals surface area contributed by atoms with Crippen molar-refractivity contribution in [1.29, 1.82) is 0 Å². The lowest BCUT2D eigenvalue weighted by molar-refractivity contribution is 0.122. The molecule has 1 fully saturated rings. The van der Waals surface area contributed by atoms with Crippen LogP contribution in [0.25, 0.3) is 10.9 Å². The van der Waals surface area contributed by atoms with Crippen LogP contribution in [0.2, 0.25) is 0 Å². The first kappa shape index (κ1) is 19.1. The summed E-state index contributed by atoms with van der Waals surface area (Å²) in [6, 6.07) is 8.17. The third-order valence-corrected chi connectivity index (χ3v) is 4.67. The monoisotopic (exact) mass is 396 g/mol. The molecule has 4 N–H and O–H groups in total. The number of fused-ring (bicyclic) bond motifs is 1. The number of aromatic amines is 1. The number of nitrogens with two attached hydrogens (primary N) is 1. The van der Waals surface area contributed by atoms with Gasteiger partial charge in [0.05, 0.1) is 13.2 Å². The highest BCUT2D eigenvalue weighted by molar-refractivity contribution is 6.17. The molecule has 3 aromatic rings. The number of likely N-dealkylation sites (N-methyl/N-ethyl adjacent to an activating group) is 1. The molecule has 0 unspecified atom stereocenters. The summed E-state index contributed by atoms with van der Waals surface area (Å²) in [5, 5.41) is 8.03. The molecule has 3 heterocycles. The molecule has 1 aromatic carbocycles. The number of nitrogens with one attached hydrogen (secondary N) is 2. The lowest BCUT2D eigenvalue weighted by Crippen LogP contribution is -2.38. The van der Waals surface area contributed by atoms with Crippen molar-refractivity contribution in [1.82, 2.24) is 25.3 Å². The Bertz CT molecular complexity index is 997. The Hall–Kier alpha value is -3.24. The lowest BCUT2D eigenvalue weighted by atomic mass is 10.1. The number of hydrogen-bond donors (Lipinski definition) is 3. The van der Waals surface area contributed by atoms with Crippen molar-refractivity contribution in [3.8, 4) is 6.01 Å². The Morgan fingerprint density at radius 3 is 2.90 bits per heavy atom. The molecule has 0 bridgehead atoms. The number of ether oxygens (including phenoxy) is 2. The molecule has 1 aliphatic heterocycles. The number of aromatic nitrogens is 4. The molecule has 1 saturated heterocycles. The van der Waals surface area contributed by atoms with E-state index in [1.165, 1.54) is 0 Å². The van der Waals surface area contributed by atoms with Crippen molar-refractivity contribution in [2.45, 2.75) is 0 Å². The maximum atomic E-state index is 5.78. The molecule has 0 atom stereocenters. The first-order valence-corrected chi connectivity index (χ1v) is 9.51. The summed E-state index contributed by atoms with van der Waals surface area (Å²) in [6.45, 7) is 3.75. The van der Waals surface area contributed by atoms with Crippen LogP contribution in [0.3, 0.4) is 0 Å². The number of para-hydroxylation sites is 1. The van der Waals surface area contributed by atoms with Gasteiger partial charge < -0.3 is 30.5 Å². The average Bonchev–Trinajstić information content (AvgIpc) is 3.19. The van der Waals surface area contributed by atoms with E-state index < -0.39 is 0 Å². The van der Waals surface area contributed by atoms with Gasteiger partial charge in [0.2, 0.25) is 5.95 Å². The molecule has 29 heavy (non-hydrogen) atoms. The summed E-state index contributed by atoms with van der Waals surface area (Å²) in [5.41, 5.74) is 2.28. The van der Waals surface area contributed by atoms with Crippen LogP contribution in [0, 0.1) is 0 Å². The van der Waals surface area contributed by atoms with Crippen LogP contribution >= 0.6 is 0 Å². The SMILES string of the molecule is CNCCOc1nc(C(=NN)c2c[nH]c3ccccc23)nc(N2CCOCC2)n1. The second-order valence-corrected chi connectivity index (χ2v) is 6.52. The molecule has 152 valence electrons. The van der Waals surface area contributed by atoms with Crippen LogP contribution in [-0.4, -0.2) is 72.2 Å². The van der Waals surface area contributed by atoms with E-state index in [0.29, 0.717) is 56.9 Å². The van der Waals surface area contributed by atoms with E-state index in [1.807, 2.05) is 42.4 Å². The van der Waals surface area contributed by atoms with Crippen molar-refractivity contribution in [2.24, 2.45) is 10.9 Å². The summed E-state index contributed by atoms with van der Waals surface area (Å²) in [6.07, 6.45) is 1.86. The Labute approximate surface area is 168 Å². The summed E-state index contributed by atoms with van der Waals surface area (Å²) < 4.78 is 11.2. The summed E-state index contributed by atoms with van der Waals surface area (Å²) in [4.78, 5) is 18.9. The van der Waals surface area contributed by atoms with E-state index in [0.717, 1.165) is 16.5 Å². The van der Waals surface area contributed by atoms with Crippen LogP contribution < -0.4 is 20.8 Å². The number of H-pyrrole nitrogens is 1. The average molecular weight is 396 g/mol. The summed E-state index contributed by atoms with van der Waals surface area (Å²) in [5.74, 6) is 6.67. The fourth-order valence-corrected chi connectivity index (χ4v) is 3.18. The Morgan fingerprint density at radius 2 is 2.10 bits per heavy atom. The van der Waals surface area contributed by atoms with E-state index in [4.69, 9.17) is 15.3 Å². The fraction of sp³-hybridized carbons (Fsp3) is 0.368. The van der Waals surface area contributed by atoms with Crippen molar-refractivity contribution in [3.05, 3.63) is 41.9 Å². The molecule has 10 heteroatoms. The molecule has 4 rings (SSSR count). The molecule has 0 amide bonds. The zero-order valence-corrected chi connectivity index (χ0v) is 16.3.